The Bertz CT molecular complexity index is 245. The summed E-state index contributed by atoms with van der Waals surface area (Å²) in [5.41, 5.74) is 0. The maximum Gasteiger partial charge on any atom is 0.304 e. The van der Waals surface area contributed by atoms with Crippen molar-refractivity contribution >= 4 is 5.97 Å². The highest BCUT2D eigenvalue weighted by atomic mass is 16.5. The molecule has 1 unspecified atom stereocenters. The molecule has 1 heterocycles. The van der Waals surface area contributed by atoms with Crippen LogP contribution < -0.4 is 0 Å². The summed E-state index contributed by atoms with van der Waals surface area (Å²) in [7, 11) is 0. The van der Waals surface area contributed by atoms with Gasteiger partial charge in [0.05, 0.1) is 12.5 Å². The minimum atomic E-state index is -0.694. The predicted molar refractivity (Wildman–Crippen MR) is 65.1 cm³/mol. The van der Waals surface area contributed by atoms with Crippen LogP contribution in [-0.4, -0.2) is 47.8 Å². The van der Waals surface area contributed by atoms with Crippen molar-refractivity contribution in [3.63, 3.8) is 0 Å². The molecule has 1 aliphatic carbocycles. The van der Waals surface area contributed by atoms with Crippen LogP contribution in [0.3, 0.4) is 0 Å². The highest BCUT2D eigenvalue weighted by Crippen LogP contribution is 2.25. The van der Waals surface area contributed by atoms with Gasteiger partial charge in [-0.1, -0.05) is 12.8 Å². The van der Waals surface area contributed by atoms with E-state index < -0.39 is 5.97 Å². The fourth-order valence-corrected chi connectivity index (χ4v) is 2.98. The zero-order valence-electron chi connectivity index (χ0n) is 10.4. The summed E-state index contributed by atoms with van der Waals surface area (Å²) < 4.78 is 5.66. The van der Waals surface area contributed by atoms with Crippen LogP contribution >= 0.6 is 0 Å². The molecule has 0 spiro atoms. The Labute approximate surface area is 103 Å². The van der Waals surface area contributed by atoms with Crippen molar-refractivity contribution in [3.05, 3.63) is 0 Å². The van der Waals surface area contributed by atoms with E-state index >= 15 is 0 Å². The molecule has 1 atom stereocenters. The third-order valence-corrected chi connectivity index (χ3v) is 3.92. The van der Waals surface area contributed by atoms with Crippen molar-refractivity contribution in [2.75, 3.05) is 19.7 Å². The lowest BCUT2D eigenvalue weighted by atomic mass is 10.1. The van der Waals surface area contributed by atoms with Crippen LogP contribution in [0, 0.1) is 0 Å². The van der Waals surface area contributed by atoms with Crippen molar-refractivity contribution in [2.24, 2.45) is 0 Å². The Balaban J connectivity index is 1.83. The van der Waals surface area contributed by atoms with E-state index in [2.05, 4.69) is 4.90 Å². The number of ether oxygens (including phenoxy) is 1. The minimum absolute atomic E-state index is 0.253. The van der Waals surface area contributed by atoms with Gasteiger partial charge in [0.1, 0.15) is 0 Å². The Morgan fingerprint density at radius 1 is 1.24 bits per heavy atom. The molecule has 0 bridgehead atoms. The van der Waals surface area contributed by atoms with Crippen LogP contribution in [0.15, 0.2) is 0 Å². The fourth-order valence-electron chi connectivity index (χ4n) is 2.98. The number of carbonyl (C=O) groups is 1. The number of hydrogen-bond donors (Lipinski definition) is 1. The van der Waals surface area contributed by atoms with Gasteiger partial charge in [-0.05, 0) is 25.7 Å². The van der Waals surface area contributed by atoms with E-state index in [9.17, 15) is 4.79 Å². The van der Waals surface area contributed by atoms with Gasteiger partial charge in [-0.2, -0.15) is 0 Å². The Morgan fingerprint density at radius 2 is 2.00 bits per heavy atom. The van der Waals surface area contributed by atoms with Gasteiger partial charge in [0, 0.05) is 25.7 Å². The molecule has 4 heteroatoms. The second kappa shape index (κ2) is 6.36. The normalized spacial score (nSPS) is 25.8. The smallest absolute Gasteiger partial charge is 0.304 e. The van der Waals surface area contributed by atoms with Gasteiger partial charge in [0.25, 0.3) is 0 Å². The van der Waals surface area contributed by atoms with Crippen LogP contribution in [0.2, 0.25) is 0 Å². The highest BCUT2D eigenvalue weighted by molar-refractivity contribution is 5.66. The average Bonchev–Trinajstić information content (AvgIpc) is 2.96. The first-order chi connectivity index (χ1) is 8.25. The molecule has 1 N–H and O–H groups in total. The molecule has 0 aromatic rings. The maximum atomic E-state index is 10.7. The zero-order valence-corrected chi connectivity index (χ0v) is 10.4. The summed E-state index contributed by atoms with van der Waals surface area (Å²) in [6.45, 7) is 2.49. The summed E-state index contributed by atoms with van der Waals surface area (Å²) in [6, 6.07) is 0.596. The SMILES string of the molecule is O=C(O)CCN(CC1CCCO1)C1CCCC1. The lowest BCUT2D eigenvalue weighted by molar-refractivity contribution is -0.137. The van der Waals surface area contributed by atoms with Crippen molar-refractivity contribution in [3.8, 4) is 0 Å². The maximum absolute atomic E-state index is 10.7. The van der Waals surface area contributed by atoms with Crippen LogP contribution in [0.25, 0.3) is 0 Å². The van der Waals surface area contributed by atoms with E-state index in [0.717, 1.165) is 26.0 Å². The van der Waals surface area contributed by atoms with Crippen LogP contribution in [0.4, 0.5) is 0 Å². The quantitative estimate of drug-likeness (QED) is 0.771. The van der Waals surface area contributed by atoms with E-state index in [1.54, 1.807) is 0 Å². The molecule has 2 fully saturated rings. The predicted octanol–water partition coefficient (Wildman–Crippen LogP) is 1.88. The second-order valence-electron chi connectivity index (χ2n) is 5.21. The average molecular weight is 241 g/mol. The molecule has 2 aliphatic rings. The van der Waals surface area contributed by atoms with Gasteiger partial charge in [0.2, 0.25) is 0 Å². The fraction of sp³-hybridized carbons (Fsp3) is 0.923. The summed E-state index contributed by atoms with van der Waals surface area (Å²) in [5, 5.41) is 8.81. The van der Waals surface area contributed by atoms with E-state index in [1.807, 2.05) is 0 Å². The lowest BCUT2D eigenvalue weighted by Crippen LogP contribution is -2.40. The summed E-state index contributed by atoms with van der Waals surface area (Å²) in [6.07, 6.45) is 7.92. The summed E-state index contributed by atoms with van der Waals surface area (Å²) in [5.74, 6) is -0.694. The Morgan fingerprint density at radius 3 is 2.59 bits per heavy atom. The molecule has 4 nitrogen and oxygen atoms in total. The van der Waals surface area contributed by atoms with Crippen molar-refractivity contribution < 1.29 is 14.6 Å². The second-order valence-corrected chi connectivity index (χ2v) is 5.21. The van der Waals surface area contributed by atoms with Gasteiger partial charge in [-0.25, -0.2) is 0 Å². The minimum Gasteiger partial charge on any atom is -0.481 e. The van der Waals surface area contributed by atoms with Crippen molar-refractivity contribution in [1.82, 2.24) is 4.90 Å². The number of hydrogen-bond acceptors (Lipinski definition) is 3. The van der Waals surface area contributed by atoms with Crippen LogP contribution in [0.1, 0.15) is 44.9 Å². The molecule has 0 radical (unpaired) electrons. The molecule has 1 saturated carbocycles. The highest BCUT2D eigenvalue weighted by Gasteiger charge is 2.26. The van der Waals surface area contributed by atoms with E-state index in [0.29, 0.717) is 18.7 Å². The monoisotopic (exact) mass is 241 g/mol. The molecule has 1 aliphatic heterocycles. The zero-order chi connectivity index (χ0) is 12.1. The topological polar surface area (TPSA) is 49.8 Å². The van der Waals surface area contributed by atoms with Crippen molar-refractivity contribution in [1.29, 1.82) is 0 Å². The van der Waals surface area contributed by atoms with Gasteiger partial charge >= 0.3 is 5.97 Å². The molecule has 1 saturated heterocycles. The first-order valence-electron chi connectivity index (χ1n) is 6.83. The molecular weight excluding hydrogens is 218 g/mol. The molecule has 98 valence electrons. The lowest BCUT2D eigenvalue weighted by Gasteiger charge is -2.30. The number of aliphatic carboxylic acids is 1. The molecule has 0 aromatic heterocycles. The number of nitrogens with zero attached hydrogens (tertiary/aromatic N) is 1. The molecular formula is C13H23NO3. The molecule has 0 amide bonds. The van der Waals surface area contributed by atoms with Gasteiger partial charge in [0.15, 0.2) is 0 Å². The number of carboxylic acid groups (broad SMARTS) is 1. The Kier molecular flexibility index (Phi) is 4.80. The van der Waals surface area contributed by atoms with Crippen LogP contribution in [0.5, 0.6) is 0 Å². The standard InChI is InChI=1S/C13H23NO3/c15-13(16)7-8-14(11-4-1-2-5-11)10-12-6-3-9-17-12/h11-12H,1-10H2,(H,15,16). The summed E-state index contributed by atoms with van der Waals surface area (Å²) in [4.78, 5) is 13.1. The molecule has 0 aromatic carbocycles. The first kappa shape index (κ1) is 12.8. The Hall–Kier alpha value is -0.610. The third-order valence-electron chi connectivity index (χ3n) is 3.92. The molecule has 17 heavy (non-hydrogen) atoms. The van der Waals surface area contributed by atoms with Crippen LogP contribution in [-0.2, 0) is 9.53 Å². The van der Waals surface area contributed by atoms with E-state index in [1.165, 1.54) is 25.7 Å². The first-order valence-corrected chi connectivity index (χ1v) is 6.83. The number of rotatable bonds is 6. The third kappa shape index (κ3) is 3.96. The van der Waals surface area contributed by atoms with E-state index in [-0.39, 0.29) is 6.42 Å². The van der Waals surface area contributed by atoms with Gasteiger partial charge in [-0.15, -0.1) is 0 Å². The van der Waals surface area contributed by atoms with E-state index in [4.69, 9.17) is 9.84 Å². The van der Waals surface area contributed by atoms with Gasteiger partial charge in [-0.3, -0.25) is 9.69 Å². The van der Waals surface area contributed by atoms with Crippen molar-refractivity contribution in [2.45, 2.75) is 57.1 Å². The van der Waals surface area contributed by atoms with Gasteiger partial charge < -0.3 is 9.84 Å². The number of carboxylic acids is 1. The summed E-state index contributed by atoms with van der Waals surface area (Å²) >= 11 is 0. The largest absolute Gasteiger partial charge is 0.481 e. The molecule has 2 rings (SSSR count).